The van der Waals surface area contributed by atoms with Crippen molar-refractivity contribution in [3.05, 3.63) is 65.5 Å². The second-order valence-electron chi connectivity index (χ2n) is 4.29. The maximum Gasteiger partial charge on any atom is 0.0698 e. The first-order valence-corrected chi connectivity index (χ1v) is 5.58. The van der Waals surface area contributed by atoms with Crippen molar-refractivity contribution in [1.82, 2.24) is 10.3 Å². The molecule has 0 amide bonds. The second-order valence-corrected chi connectivity index (χ2v) is 4.29. The van der Waals surface area contributed by atoms with E-state index in [4.69, 9.17) is 0 Å². The molecule has 1 aromatic carbocycles. The van der Waals surface area contributed by atoms with E-state index < -0.39 is 0 Å². The van der Waals surface area contributed by atoms with Crippen LogP contribution in [0.1, 0.15) is 28.9 Å². The van der Waals surface area contributed by atoms with Gasteiger partial charge in [-0.05, 0) is 24.6 Å². The van der Waals surface area contributed by atoms with E-state index in [0.717, 1.165) is 5.69 Å². The van der Waals surface area contributed by atoms with Gasteiger partial charge in [-0.2, -0.15) is 0 Å². The summed E-state index contributed by atoms with van der Waals surface area (Å²) in [5, 5.41) is 3.46. The molecule has 0 bridgehead atoms. The van der Waals surface area contributed by atoms with Crippen LogP contribution in [0, 0.1) is 6.92 Å². The van der Waals surface area contributed by atoms with Crippen LogP contribution < -0.4 is 5.32 Å². The topological polar surface area (TPSA) is 34.8 Å². The van der Waals surface area contributed by atoms with Crippen molar-refractivity contribution in [2.45, 2.75) is 19.0 Å². The molecule has 1 aromatic heterocycles. The third kappa shape index (κ3) is 1.72. The summed E-state index contributed by atoms with van der Waals surface area (Å²) in [6, 6.07) is 15.6. The Labute approximate surface area is 95.3 Å². The highest BCUT2D eigenvalue weighted by atomic mass is 15.2. The Morgan fingerprint density at radius 3 is 2.50 bits per heavy atom. The van der Waals surface area contributed by atoms with Gasteiger partial charge in [0.15, 0.2) is 0 Å². The summed E-state index contributed by atoms with van der Waals surface area (Å²) < 4.78 is 0. The average molecular weight is 210 g/mol. The Kier molecular flexibility index (Phi) is 2.22. The van der Waals surface area contributed by atoms with Crippen LogP contribution in [0.25, 0.3) is 0 Å². The minimum absolute atomic E-state index is 0.393. The lowest BCUT2D eigenvalue weighted by atomic mass is 10.1. The lowest BCUT2D eigenvalue weighted by molar-refractivity contribution is 0.962. The molecule has 16 heavy (non-hydrogen) atoms. The van der Waals surface area contributed by atoms with Crippen LogP contribution >= 0.6 is 0 Å². The third-order valence-corrected chi connectivity index (χ3v) is 3.03. The molecule has 1 aliphatic rings. The highest BCUT2D eigenvalue weighted by molar-refractivity contribution is 5.32. The van der Waals surface area contributed by atoms with Crippen LogP contribution in [-0.2, 0) is 0 Å². The number of hydrogen-bond acceptors (Lipinski definition) is 2. The van der Waals surface area contributed by atoms with E-state index in [-0.39, 0.29) is 0 Å². The van der Waals surface area contributed by atoms with E-state index in [9.17, 15) is 0 Å². The number of aryl methyl sites for hydroxylation is 1. The van der Waals surface area contributed by atoms with Gasteiger partial charge in [-0.25, -0.2) is 0 Å². The predicted octanol–water partition coefficient (Wildman–Crippen LogP) is 2.78. The summed E-state index contributed by atoms with van der Waals surface area (Å²) in [6.45, 7) is 2.11. The Balaban J connectivity index is 1.79. The molecule has 2 heterocycles. The molecule has 1 saturated heterocycles. The van der Waals surface area contributed by atoms with Crippen molar-refractivity contribution in [2.75, 3.05) is 0 Å². The number of nitrogens with zero attached hydrogens (tertiary/aromatic N) is 1. The summed E-state index contributed by atoms with van der Waals surface area (Å²) in [5.74, 6) is 0. The maximum atomic E-state index is 4.37. The fourth-order valence-corrected chi connectivity index (χ4v) is 2.02. The SMILES string of the molecule is Cc1ccc([C@@H]2N[C@H]2c2ccccn2)cc1. The van der Waals surface area contributed by atoms with E-state index in [1.165, 1.54) is 11.1 Å². The lowest BCUT2D eigenvalue weighted by Gasteiger charge is -1.99. The van der Waals surface area contributed by atoms with Crippen LogP contribution in [0.4, 0.5) is 0 Å². The van der Waals surface area contributed by atoms with Crippen molar-refractivity contribution in [3.63, 3.8) is 0 Å². The zero-order chi connectivity index (χ0) is 11.0. The first-order chi connectivity index (χ1) is 7.84. The van der Waals surface area contributed by atoms with Crippen LogP contribution in [0.5, 0.6) is 0 Å². The van der Waals surface area contributed by atoms with Crippen molar-refractivity contribution in [3.8, 4) is 0 Å². The van der Waals surface area contributed by atoms with E-state index in [1.54, 1.807) is 0 Å². The van der Waals surface area contributed by atoms with Crippen LogP contribution in [0.2, 0.25) is 0 Å². The molecule has 0 aliphatic carbocycles. The van der Waals surface area contributed by atoms with E-state index in [2.05, 4.69) is 47.6 Å². The molecule has 0 spiro atoms. The number of pyridine rings is 1. The summed E-state index contributed by atoms with van der Waals surface area (Å²) in [5.41, 5.74) is 3.79. The minimum Gasteiger partial charge on any atom is -0.298 e. The Bertz CT molecular complexity index is 476. The van der Waals surface area contributed by atoms with Crippen molar-refractivity contribution in [1.29, 1.82) is 0 Å². The number of rotatable bonds is 2. The molecule has 1 N–H and O–H groups in total. The van der Waals surface area contributed by atoms with E-state index >= 15 is 0 Å². The normalized spacial score (nSPS) is 23.1. The molecule has 2 nitrogen and oxygen atoms in total. The highest BCUT2D eigenvalue weighted by Gasteiger charge is 2.39. The zero-order valence-corrected chi connectivity index (χ0v) is 9.22. The third-order valence-electron chi connectivity index (χ3n) is 3.03. The summed E-state index contributed by atoms with van der Waals surface area (Å²) >= 11 is 0. The summed E-state index contributed by atoms with van der Waals surface area (Å²) in [7, 11) is 0. The first-order valence-electron chi connectivity index (χ1n) is 5.58. The molecule has 1 aliphatic heterocycles. The number of hydrogen-bond donors (Lipinski definition) is 1. The van der Waals surface area contributed by atoms with Gasteiger partial charge in [0.2, 0.25) is 0 Å². The molecular weight excluding hydrogens is 196 g/mol. The van der Waals surface area contributed by atoms with Gasteiger partial charge in [-0.3, -0.25) is 10.3 Å². The molecule has 2 heteroatoms. The average Bonchev–Trinajstić information content (AvgIpc) is 3.11. The number of nitrogens with one attached hydrogen (secondary N) is 1. The van der Waals surface area contributed by atoms with Gasteiger partial charge in [-0.15, -0.1) is 0 Å². The number of aromatic nitrogens is 1. The smallest absolute Gasteiger partial charge is 0.0698 e. The summed E-state index contributed by atoms with van der Waals surface area (Å²) in [6.07, 6.45) is 1.85. The lowest BCUT2D eigenvalue weighted by Crippen LogP contribution is -1.87. The quantitative estimate of drug-likeness (QED) is 0.773. The first kappa shape index (κ1) is 9.55. The van der Waals surface area contributed by atoms with E-state index in [1.807, 2.05) is 18.3 Å². The Hall–Kier alpha value is -1.67. The van der Waals surface area contributed by atoms with Gasteiger partial charge in [0, 0.05) is 6.20 Å². The highest BCUT2D eigenvalue weighted by Crippen LogP contribution is 2.41. The molecular formula is C14H14N2. The predicted molar refractivity (Wildman–Crippen MR) is 64.0 cm³/mol. The number of benzene rings is 1. The van der Waals surface area contributed by atoms with Gasteiger partial charge < -0.3 is 0 Å². The van der Waals surface area contributed by atoms with Crippen molar-refractivity contribution < 1.29 is 0 Å². The zero-order valence-electron chi connectivity index (χ0n) is 9.22. The molecule has 1 fully saturated rings. The monoisotopic (exact) mass is 210 g/mol. The molecule has 0 saturated carbocycles. The molecule has 3 rings (SSSR count). The molecule has 2 aromatic rings. The van der Waals surface area contributed by atoms with Crippen LogP contribution in [-0.4, -0.2) is 4.98 Å². The van der Waals surface area contributed by atoms with Crippen molar-refractivity contribution in [2.24, 2.45) is 0 Å². The Morgan fingerprint density at radius 2 is 1.81 bits per heavy atom. The molecule has 2 atom stereocenters. The standard InChI is InChI=1S/C14H14N2/c1-10-5-7-11(8-6-10)13-14(16-13)12-4-2-3-9-15-12/h2-9,13-14,16H,1H3/t13-,14-/m0/s1. The molecule has 0 unspecified atom stereocenters. The van der Waals surface area contributed by atoms with Gasteiger partial charge >= 0.3 is 0 Å². The van der Waals surface area contributed by atoms with Crippen LogP contribution in [0.3, 0.4) is 0 Å². The van der Waals surface area contributed by atoms with Gasteiger partial charge in [0.05, 0.1) is 17.8 Å². The van der Waals surface area contributed by atoms with Crippen molar-refractivity contribution >= 4 is 0 Å². The van der Waals surface area contributed by atoms with Gasteiger partial charge in [0.1, 0.15) is 0 Å². The second kappa shape index (κ2) is 3.72. The fraction of sp³-hybridized carbons (Fsp3) is 0.214. The van der Waals surface area contributed by atoms with Crippen LogP contribution in [0.15, 0.2) is 48.7 Å². The summed E-state index contributed by atoms with van der Waals surface area (Å²) in [4.78, 5) is 4.37. The fourth-order valence-electron chi connectivity index (χ4n) is 2.02. The maximum absolute atomic E-state index is 4.37. The van der Waals surface area contributed by atoms with Gasteiger partial charge in [0.25, 0.3) is 0 Å². The largest absolute Gasteiger partial charge is 0.298 e. The van der Waals surface area contributed by atoms with Gasteiger partial charge in [-0.1, -0.05) is 35.9 Å². The Morgan fingerprint density at radius 1 is 1.00 bits per heavy atom. The van der Waals surface area contributed by atoms with E-state index in [0.29, 0.717) is 12.1 Å². The minimum atomic E-state index is 0.393. The molecule has 0 radical (unpaired) electrons. The molecule has 80 valence electrons.